The van der Waals surface area contributed by atoms with E-state index in [9.17, 15) is 0 Å². The molecule has 0 aliphatic heterocycles. The average molecular weight is 331 g/mol. The third-order valence-electron chi connectivity index (χ3n) is 2.90. The maximum atomic E-state index is 4.50. The van der Waals surface area contributed by atoms with E-state index >= 15 is 0 Å². The molecule has 0 saturated heterocycles. The minimum Gasteiger partial charge on any atom is -0.250 e. The molecule has 0 bridgehead atoms. The highest BCUT2D eigenvalue weighted by Gasteiger charge is 2.10. The zero-order valence-corrected chi connectivity index (χ0v) is 12.7. The number of hydrogen-bond acceptors (Lipinski definition) is 3. The number of aryl methyl sites for hydroxylation is 1. The molecule has 0 aliphatic rings. The van der Waals surface area contributed by atoms with E-state index < -0.39 is 0 Å². The number of halogens is 1. The highest BCUT2D eigenvalue weighted by Crippen LogP contribution is 2.35. The van der Waals surface area contributed by atoms with Crippen LogP contribution < -0.4 is 0 Å². The number of rotatable bonds is 2. The van der Waals surface area contributed by atoms with Crippen molar-refractivity contribution in [3.05, 3.63) is 58.8 Å². The van der Waals surface area contributed by atoms with Gasteiger partial charge in [-0.2, -0.15) is 0 Å². The summed E-state index contributed by atoms with van der Waals surface area (Å²) in [5.74, 6) is 0. The Labute approximate surface area is 124 Å². The Morgan fingerprint density at radius 3 is 2.68 bits per heavy atom. The number of pyridine rings is 2. The molecule has 0 fully saturated rings. The molecule has 3 rings (SSSR count). The number of hydrogen-bond donors (Lipinski definition) is 0. The third kappa shape index (κ3) is 2.51. The van der Waals surface area contributed by atoms with E-state index in [0.717, 1.165) is 19.9 Å². The zero-order valence-electron chi connectivity index (χ0n) is 10.3. The molecule has 0 unspecified atom stereocenters. The molecule has 19 heavy (non-hydrogen) atoms. The van der Waals surface area contributed by atoms with E-state index in [1.54, 1.807) is 18.0 Å². The van der Waals surface area contributed by atoms with Gasteiger partial charge in [0.2, 0.25) is 0 Å². The van der Waals surface area contributed by atoms with Crippen LogP contribution in [0.4, 0.5) is 0 Å². The Kier molecular flexibility index (Phi) is 3.53. The van der Waals surface area contributed by atoms with E-state index in [2.05, 4.69) is 51.0 Å². The van der Waals surface area contributed by atoms with Crippen LogP contribution in [0.5, 0.6) is 0 Å². The molecule has 1 aromatic carbocycles. The summed E-state index contributed by atoms with van der Waals surface area (Å²) in [4.78, 5) is 8.84. The molecular formula is C15H11BrN2S. The SMILES string of the molecule is Cc1ccc(Br)c2c(Sc3ccccn3)nccc12. The predicted molar refractivity (Wildman–Crippen MR) is 82.5 cm³/mol. The zero-order chi connectivity index (χ0) is 13.2. The highest BCUT2D eigenvalue weighted by molar-refractivity contribution is 9.10. The van der Waals surface area contributed by atoms with Gasteiger partial charge >= 0.3 is 0 Å². The van der Waals surface area contributed by atoms with E-state index in [0.29, 0.717) is 0 Å². The molecule has 0 amide bonds. The van der Waals surface area contributed by atoms with Gasteiger partial charge in [-0.15, -0.1) is 0 Å². The Morgan fingerprint density at radius 2 is 1.89 bits per heavy atom. The van der Waals surface area contributed by atoms with E-state index in [1.165, 1.54) is 10.9 Å². The quantitative estimate of drug-likeness (QED) is 0.671. The van der Waals surface area contributed by atoms with Gasteiger partial charge in [0.25, 0.3) is 0 Å². The molecule has 0 aliphatic carbocycles. The summed E-state index contributed by atoms with van der Waals surface area (Å²) in [6.45, 7) is 2.12. The number of fused-ring (bicyclic) bond motifs is 1. The van der Waals surface area contributed by atoms with Gasteiger partial charge in [-0.25, -0.2) is 9.97 Å². The summed E-state index contributed by atoms with van der Waals surface area (Å²) in [5, 5.41) is 4.31. The topological polar surface area (TPSA) is 25.8 Å². The molecule has 2 heterocycles. The van der Waals surface area contributed by atoms with Gasteiger partial charge in [-0.05, 0) is 53.9 Å². The lowest BCUT2D eigenvalue weighted by atomic mass is 10.1. The van der Waals surface area contributed by atoms with Crippen LogP contribution in [-0.2, 0) is 0 Å². The fraction of sp³-hybridized carbons (Fsp3) is 0.0667. The highest BCUT2D eigenvalue weighted by atomic mass is 79.9. The monoisotopic (exact) mass is 330 g/mol. The summed E-state index contributed by atoms with van der Waals surface area (Å²) in [6, 6.07) is 12.1. The van der Waals surface area contributed by atoms with Crippen LogP contribution in [0.3, 0.4) is 0 Å². The van der Waals surface area contributed by atoms with Crippen molar-refractivity contribution in [2.24, 2.45) is 0 Å². The first-order valence-electron chi connectivity index (χ1n) is 5.88. The van der Waals surface area contributed by atoms with Crippen LogP contribution in [0.2, 0.25) is 0 Å². The second kappa shape index (κ2) is 5.31. The van der Waals surface area contributed by atoms with Gasteiger partial charge in [0.15, 0.2) is 0 Å². The second-order valence-electron chi connectivity index (χ2n) is 4.17. The van der Waals surface area contributed by atoms with Gasteiger partial charge < -0.3 is 0 Å². The second-order valence-corrected chi connectivity index (χ2v) is 6.04. The maximum absolute atomic E-state index is 4.50. The van der Waals surface area contributed by atoms with Crippen LogP contribution in [0.1, 0.15) is 5.56 Å². The lowest BCUT2D eigenvalue weighted by molar-refractivity contribution is 1.11. The lowest BCUT2D eigenvalue weighted by Gasteiger charge is -2.08. The van der Waals surface area contributed by atoms with Crippen LogP contribution in [0.25, 0.3) is 10.8 Å². The van der Waals surface area contributed by atoms with Gasteiger partial charge in [0.05, 0.1) is 0 Å². The summed E-state index contributed by atoms with van der Waals surface area (Å²) < 4.78 is 1.07. The Balaban J connectivity index is 2.17. The Hall–Kier alpha value is -1.39. The van der Waals surface area contributed by atoms with Gasteiger partial charge in [-0.3, -0.25) is 0 Å². The van der Waals surface area contributed by atoms with Crippen molar-refractivity contribution in [3.63, 3.8) is 0 Å². The van der Waals surface area contributed by atoms with Crippen molar-refractivity contribution in [3.8, 4) is 0 Å². The smallest absolute Gasteiger partial charge is 0.111 e. The van der Waals surface area contributed by atoms with Crippen molar-refractivity contribution in [2.45, 2.75) is 17.0 Å². The van der Waals surface area contributed by atoms with Crippen molar-refractivity contribution in [1.29, 1.82) is 0 Å². The van der Waals surface area contributed by atoms with Gasteiger partial charge in [0, 0.05) is 22.3 Å². The molecule has 0 spiro atoms. The minimum absolute atomic E-state index is 0.955. The maximum Gasteiger partial charge on any atom is 0.111 e. The van der Waals surface area contributed by atoms with Crippen molar-refractivity contribution in [1.82, 2.24) is 9.97 Å². The summed E-state index contributed by atoms with van der Waals surface area (Å²) in [6.07, 6.45) is 3.65. The first kappa shape index (κ1) is 12.6. The largest absolute Gasteiger partial charge is 0.250 e. The van der Waals surface area contributed by atoms with Crippen LogP contribution >= 0.6 is 27.7 Å². The first-order chi connectivity index (χ1) is 9.25. The van der Waals surface area contributed by atoms with Crippen LogP contribution in [0, 0.1) is 6.92 Å². The fourth-order valence-corrected chi connectivity index (χ4v) is 3.52. The number of aromatic nitrogens is 2. The fourth-order valence-electron chi connectivity index (χ4n) is 1.96. The average Bonchev–Trinajstić information content (AvgIpc) is 2.44. The molecule has 0 radical (unpaired) electrons. The molecular weight excluding hydrogens is 320 g/mol. The summed E-state index contributed by atoms with van der Waals surface area (Å²) in [7, 11) is 0. The number of nitrogens with zero attached hydrogens (tertiary/aromatic N) is 2. The molecule has 2 nitrogen and oxygen atoms in total. The van der Waals surface area contributed by atoms with E-state index in [4.69, 9.17) is 0 Å². The predicted octanol–water partition coefficient (Wildman–Crippen LogP) is 4.85. The van der Waals surface area contributed by atoms with E-state index in [-0.39, 0.29) is 0 Å². The van der Waals surface area contributed by atoms with Crippen LogP contribution in [-0.4, -0.2) is 9.97 Å². The van der Waals surface area contributed by atoms with Crippen molar-refractivity contribution >= 4 is 38.5 Å². The molecule has 94 valence electrons. The summed E-state index contributed by atoms with van der Waals surface area (Å²) >= 11 is 5.21. The number of benzene rings is 1. The molecule has 3 aromatic rings. The van der Waals surface area contributed by atoms with E-state index in [1.807, 2.05) is 24.4 Å². The molecule has 0 N–H and O–H groups in total. The molecule has 2 aromatic heterocycles. The Bertz CT molecular complexity index is 729. The van der Waals surface area contributed by atoms with Gasteiger partial charge in [0.1, 0.15) is 10.1 Å². The normalized spacial score (nSPS) is 10.8. The first-order valence-corrected chi connectivity index (χ1v) is 7.49. The van der Waals surface area contributed by atoms with Crippen molar-refractivity contribution in [2.75, 3.05) is 0 Å². The van der Waals surface area contributed by atoms with Crippen molar-refractivity contribution < 1.29 is 0 Å². The van der Waals surface area contributed by atoms with Gasteiger partial charge in [-0.1, -0.05) is 28.1 Å². The third-order valence-corrected chi connectivity index (χ3v) is 4.51. The minimum atomic E-state index is 0.955. The lowest BCUT2D eigenvalue weighted by Crippen LogP contribution is -1.88. The Morgan fingerprint density at radius 1 is 1.00 bits per heavy atom. The molecule has 4 heteroatoms. The molecule has 0 saturated carbocycles. The summed E-state index contributed by atoms with van der Waals surface area (Å²) in [5.41, 5.74) is 1.25. The molecule has 0 atom stereocenters. The van der Waals surface area contributed by atoms with Crippen LogP contribution in [0.15, 0.2) is 63.3 Å². The standard InChI is InChI=1S/C15H11BrN2S/c1-10-5-6-12(16)14-11(10)7-9-18-15(14)19-13-4-2-3-8-17-13/h2-9H,1H3.